The molecule has 0 aliphatic carbocycles. The normalized spacial score (nSPS) is 12.3. The first-order chi connectivity index (χ1) is 9.60. The molecule has 114 valence electrons. The predicted octanol–water partition coefficient (Wildman–Crippen LogP) is 1.45. The molecule has 1 aromatic heterocycles. The third-order valence-electron chi connectivity index (χ3n) is 3.20. The van der Waals surface area contributed by atoms with Crippen molar-refractivity contribution in [2.75, 3.05) is 44.4 Å². The maximum atomic E-state index is 5.32. The molecule has 0 fully saturated rings. The molecule has 0 aliphatic rings. The monoisotopic (exact) mass is 282 g/mol. The Morgan fingerprint density at radius 2 is 1.90 bits per heavy atom. The standard InChI is InChI=1S/C13H26N6O/c1-6-10(3)19(5)9-8-15-12-16-11(14-4)17-13(18-12)20-7-2/h10H,6-9H2,1-5H3,(H2,14,15,16,17,18). The Morgan fingerprint density at radius 1 is 1.20 bits per heavy atom. The summed E-state index contributed by atoms with van der Waals surface area (Å²) >= 11 is 0. The van der Waals surface area contributed by atoms with Gasteiger partial charge < -0.3 is 20.3 Å². The summed E-state index contributed by atoms with van der Waals surface area (Å²) in [4.78, 5) is 14.9. The van der Waals surface area contributed by atoms with Crippen LogP contribution in [0.25, 0.3) is 0 Å². The first-order valence-electron chi connectivity index (χ1n) is 7.11. The highest BCUT2D eigenvalue weighted by atomic mass is 16.5. The van der Waals surface area contributed by atoms with Gasteiger partial charge in [-0.3, -0.25) is 0 Å². The smallest absolute Gasteiger partial charge is 0.323 e. The largest absolute Gasteiger partial charge is 0.464 e. The van der Waals surface area contributed by atoms with Crippen LogP contribution in [0.4, 0.5) is 11.9 Å². The zero-order chi connectivity index (χ0) is 15.0. The molecule has 0 radical (unpaired) electrons. The Morgan fingerprint density at radius 3 is 2.50 bits per heavy atom. The molecule has 0 spiro atoms. The summed E-state index contributed by atoms with van der Waals surface area (Å²) in [6, 6.07) is 0.909. The van der Waals surface area contributed by atoms with E-state index < -0.39 is 0 Å². The number of likely N-dealkylation sites (N-methyl/N-ethyl adjacent to an activating group) is 1. The van der Waals surface area contributed by atoms with Crippen molar-refractivity contribution in [1.82, 2.24) is 19.9 Å². The molecular formula is C13H26N6O. The van der Waals surface area contributed by atoms with Crippen LogP contribution in [0.3, 0.4) is 0 Å². The number of nitrogens with one attached hydrogen (secondary N) is 2. The van der Waals surface area contributed by atoms with Crippen LogP contribution in [0, 0.1) is 0 Å². The molecule has 1 rings (SSSR count). The molecule has 1 atom stereocenters. The lowest BCUT2D eigenvalue weighted by molar-refractivity contribution is 0.261. The van der Waals surface area contributed by atoms with Crippen molar-refractivity contribution in [2.45, 2.75) is 33.2 Å². The maximum absolute atomic E-state index is 5.32. The number of nitrogens with zero attached hydrogens (tertiary/aromatic N) is 4. The summed E-state index contributed by atoms with van der Waals surface area (Å²) in [5.41, 5.74) is 0. The quantitative estimate of drug-likeness (QED) is 0.710. The van der Waals surface area contributed by atoms with E-state index in [1.165, 1.54) is 0 Å². The number of anilines is 2. The zero-order valence-corrected chi connectivity index (χ0v) is 13.1. The van der Waals surface area contributed by atoms with Crippen LogP contribution in [-0.4, -0.2) is 59.7 Å². The van der Waals surface area contributed by atoms with Gasteiger partial charge in [0.05, 0.1) is 6.61 Å². The molecule has 0 aliphatic heterocycles. The van der Waals surface area contributed by atoms with E-state index in [0.29, 0.717) is 30.6 Å². The van der Waals surface area contributed by atoms with Crippen molar-refractivity contribution in [3.05, 3.63) is 0 Å². The van der Waals surface area contributed by atoms with Crippen LogP contribution < -0.4 is 15.4 Å². The SMILES string of the molecule is CCOc1nc(NC)nc(NCCN(C)C(C)CC)n1. The summed E-state index contributed by atoms with van der Waals surface area (Å²) in [6.45, 7) is 8.54. The van der Waals surface area contributed by atoms with E-state index in [1.807, 2.05) is 6.92 Å². The van der Waals surface area contributed by atoms with E-state index in [-0.39, 0.29) is 0 Å². The average molecular weight is 282 g/mol. The molecule has 1 aromatic rings. The second kappa shape index (κ2) is 8.52. The topological polar surface area (TPSA) is 75.2 Å². The second-order valence-corrected chi connectivity index (χ2v) is 4.61. The van der Waals surface area contributed by atoms with Crippen molar-refractivity contribution in [2.24, 2.45) is 0 Å². The van der Waals surface area contributed by atoms with Crippen LogP contribution in [0.1, 0.15) is 27.2 Å². The van der Waals surface area contributed by atoms with Crippen LogP contribution in [0.15, 0.2) is 0 Å². The minimum Gasteiger partial charge on any atom is -0.464 e. The molecule has 0 aromatic carbocycles. The molecule has 0 saturated heterocycles. The predicted molar refractivity (Wildman–Crippen MR) is 81.4 cm³/mol. The van der Waals surface area contributed by atoms with Gasteiger partial charge in [0.25, 0.3) is 0 Å². The van der Waals surface area contributed by atoms with Crippen LogP contribution in [0.5, 0.6) is 6.01 Å². The summed E-state index contributed by atoms with van der Waals surface area (Å²) < 4.78 is 5.32. The molecule has 0 amide bonds. The molecule has 0 saturated carbocycles. The number of hydrogen-bond donors (Lipinski definition) is 2. The molecule has 7 heteroatoms. The van der Waals surface area contributed by atoms with Gasteiger partial charge in [0.2, 0.25) is 11.9 Å². The Balaban J connectivity index is 2.56. The highest BCUT2D eigenvalue weighted by Crippen LogP contribution is 2.10. The van der Waals surface area contributed by atoms with Crippen molar-refractivity contribution in [3.8, 4) is 6.01 Å². The fraction of sp³-hybridized carbons (Fsp3) is 0.769. The summed E-state index contributed by atoms with van der Waals surface area (Å²) in [6.07, 6.45) is 1.14. The Hall–Kier alpha value is -1.63. The number of ether oxygens (including phenoxy) is 1. The first-order valence-corrected chi connectivity index (χ1v) is 7.11. The van der Waals surface area contributed by atoms with Crippen LogP contribution in [-0.2, 0) is 0 Å². The van der Waals surface area contributed by atoms with Gasteiger partial charge in [0.15, 0.2) is 0 Å². The van der Waals surface area contributed by atoms with E-state index in [0.717, 1.165) is 19.5 Å². The van der Waals surface area contributed by atoms with Gasteiger partial charge in [-0.05, 0) is 27.3 Å². The lowest BCUT2D eigenvalue weighted by atomic mass is 10.2. The van der Waals surface area contributed by atoms with E-state index in [4.69, 9.17) is 4.74 Å². The van der Waals surface area contributed by atoms with E-state index in [1.54, 1.807) is 7.05 Å². The van der Waals surface area contributed by atoms with Gasteiger partial charge in [0.1, 0.15) is 0 Å². The Kier molecular flexibility index (Phi) is 7.00. The minimum absolute atomic E-state index is 0.338. The van der Waals surface area contributed by atoms with Crippen LogP contribution >= 0.6 is 0 Å². The summed E-state index contributed by atoms with van der Waals surface area (Å²) in [5.74, 6) is 1.03. The van der Waals surface area contributed by atoms with Gasteiger partial charge in [-0.2, -0.15) is 15.0 Å². The molecule has 7 nitrogen and oxygen atoms in total. The van der Waals surface area contributed by atoms with Crippen molar-refractivity contribution >= 4 is 11.9 Å². The maximum Gasteiger partial charge on any atom is 0.323 e. The van der Waals surface area contributed by atoms with Crippen LogP contribution in [0.2, 0.25) is 0 Å². The van der Waals surface area contributed by atoms with Gasteiger partial charge >= 0.3 is 6.01 Å². The third kappa shape index (κ3) is 5.16. The van der Waals surface area contributed by atoms with Crippen molar-refractivity contribution in [1.29, 1.82) is 0 Å². The van der Waals surface area contributed by atoms with Gasteiger partial charge in [-0.15, -0.1) is 0 Å². The van der Waals surface area contributed by atoms with E-state index in [2.05, 4.69) is 51.4 Å². The van der Waals surface area contributed by atoms with Crippen molar-refractivity contribution < 1.29 is 4.74 Å². The lowest BCUT2D eigenvalue weighted by Gasteiger charge is -2.23. The lowest BCUT2D eigenvalue weighted by Crippen LogP contribution is -2.33. The fourth-order valence-electron chi connectivity index (χ4n) is 1.62. The third-order valence-corrected chi connectivity index (χ3v) is 3.20. The van der Waals surface area contributed by atoms with E-state index >= 15 is 0 Å². The highest BCUT2D eigenvalue weighted by Gasteiger charge is 2.08. The number of aromatic nitrogens is 3. The summed E-state index contributed by atoms with van der Waals surface area (Å²) in [7, 11) is 3.89. The van der Waals surface area contributed by atoms with Gasteiger partial charge in [-0.1, -0.05) is 6.92 Å². The first kappa shape index (κ1) is 16.4. The molecule has 1 heterocycles. The molecular weight excluding hydrogens is 256 g/mol. The van der Waals surface area contributed by atoms with Gasteiger partial charge in [0, 0.05) is 26.2 Å². The number of hydrogen-bond acceptors (Lipinski definition) is 7. The van der Waals surface area contributed by atoms with E-state index in [9.17, 15) is 0 Å². The minimum atomic E-state index is 0.338. The molecule has 2 N–H and O–H groups in total. The average Bonchev–Trinajstić information content (AvgIpc) is 2.46. The Labute approximate surface area is 121 Å². The second-order valence-electron chi connectivity index (χ2n) is 4.61. The molecule has 0 bridgehead atoms. The fourth-order valence-corrected chi connectivity index (χ4v) is 1.62. The zero-order valence-electron chi connectivity index (χ0n) is 13.1. The highest BCUT2D eigenvalue weighted by molar-refractivity contribution is 5.35. The molecule has 20 heavy (non-hydrogen) atoms. The van der Waals surface area contributed by atoms with Gasteiger partial charge in [-0.25, -0.2) is 0 Å². The van der Waals surface area contributed by atoms with Crippen molar-refractivity contribution in [3.63, 3.8) is 0 Å². The molecule has 1 unspecified atom stereocenters. The Bertz CT molecular complexity index is 400. The number of rotatable bonds is 9. The summed E-state index contributed by atoms with van der Waals surface area (Å²) in [5, 5.41) is 6.10.